The van der Waals surface area contributed by atoms with E-state index in [1.807, 2.05) is 12.1 Å². The number of carbonyl (C=O) groups is 5. The summed E-state index contributed by atoms with van der Waals surface area (Å²) in [6.07, 6.45) is -1.72. The highest BCUT2D eigenvalue weighted by molar-refractivity contribution is 5.95. The lowest BCUT2D eigenvalue weighted by Crippen LogP contribution is -2.60. The van der Waals surface area contributed by atoms with Crippen LogP contribution < -0.4 is 27.4 Å². The number of fused-ring (bicyclic) bond motifs is 1. The van der Waals surface area contributed by atoms with Crippen LogP contribution in [0.3, 0.4) is 0 Å². The van der Waals surface area contributed by atoms with E-state index in [0.717, 1.165) is 10.9 Å². The van der Waals surface area contributed by atoms with Gasteiger partial charge in [-0.3, -0.25) is 19.2 Å². The molecule has 0 saturated carbocycles. The molecular formula is C24H34N6O8. The average molecular weight is 535 g/mol. The Bertz CT molecular complexity index is 1160. The number of primary amides is 1. The smallest absolute Gasteiger partial charge is 0.326 e. The first kappa shape index (κ1) is 30.2. The zero-order chi connectivity index (χ0) is 28.6. The summed E-state index contributed by atoms with van der Waals surface area (Å²) < 4.78 is 0. The number of carboxylic acid groups (broad SMARTS) is 1. The van der Waals surface area contributed by atoms with Crippen molar-refractivity contribution in [1.82, 2.24) is 20.9 Å². The molecule has 0 aliphatic carbocycles. The predicted molar refractivity (Wildman–Crippen MR) is 135 cm³/mol. The molecule has 0 aliphatic heterocycles. The minimum atomic E-state index is -1.61. The van der Waals surface area contributed by atoms with Crippen LogP contribution in [0, 0.1) is 0 Å². The van der Waals surface area contributed by atoms with Gasteiger partial charge in [0.15, 0.2) is 0 Å². The quantitative estimate of drug-likeness (QED) is 0.125. The molecule has 0 bridgehead atoms. The minimum Gasteiger partial charge on any atom is -0.480 e. The van der Waals surface area contributed by atoms with Crippen molar-refractivity contribution in [2.24, 2.45) is 11.5 Å². The number of nitrogens with two attached hydrogens (primary N) is 2. The van der Waals surface area contributed by atoms with Crippen molar-refractivity contribution in [3.63, 3.8) is 0 Å². The molecule has 38 heavy (non-hydrogen) atoms. The van der Waals surface area contributed by atoms with E-state index in [4.69, 9.17) is 11.5 Å². The van der Waals surface area contributed by atoms with Crippen molar-refractivity contribution in [1.29, 1.82) is 0 Å². The number of amides is 4. The molecule has 1 heterocycles. The van der Waals surface area contributed by atoms with Crippen LogP contribution >= 0.6 is 0 Å². The molecule has 1 aromatic carbocycles. The number of aliphatic carboxylic acids is 1. The van der Waals surface area contributed by atoms with Crippen LogP contribution in [0.15, 0.2) is 30.5 Å². The molecule has 2 rings (SSSR count). The van der Waals surface area contributed by atoms with E-state index in [-0.39, 0.29) is 19.3 Å². The number of aromatic nitrogens is 1. The first-order chi connectivity index (χ1) is 17.8. The molecule has 6 atom stereocenters. The molecule has 11 N–H and O–H groups in total. The topological polar surface area (TPSA) is 250 Å². The molecule has 208 valence electrons. The van der Waals surface area contributed by atoms with Gasteiger partial charge in [-0.1, -0.05) is 18.2 Å². The van der Waals surface area contributed by atoms with Crippen LogP contribution in [0.25, 0.3) is 10.9 Å². The van der Waals surface area contributed by atoms with Crippen LogP contribution in [0.2, 0.25) is 0 Å². The number of carbonyl (C=O) groups excluding carboxylic acids is 4. The molecule has 0 spiro atoms. The van der Waals surface area contributed by atoms with E-state index < -0.39 is 66.0 Å². The molecule has 0 radical (unpaired) electrons. The van der Waals surface area contributed by atoms with Gasteiger partial charge in [-0.05, 0) is 31.9 Å². The molecule has 4 amide bonds. The van der Waals surface area contributed by atoms with Crippen LogP contribution in [0.5, 0.6) is 0 Å². The summed E-state index contributed by atoms with van der Waals surface area (Å²) in [6.45, 7) is 2.48. The highest BCUT2D eigenvalue weighted by atomic mass is 16.4. The maximum atomic E-state index is 13.0. The number of hydrogen-bond acceptors (Lipinski definition) is 8. The number of benzene rings is 1. The summed E-state index contributed by atoms with van der Waals surface area (Å²) in [5, 5.41) is 37.1. The molecule has 0 fully saturated rings. The van der Waals surface area contributed by atoms with Crippen LogP contribution in [0.4, 0.5) is 0 Å². The van der Waals surface area contributed by atoms with Gasteiger partial charge in [-0.25, -0.2) is 4.79 Å². The Morgan fingerprint density at radius 1 is 0.921 bits per heavy atom. The van der Waals surface area contributed by atoms with Crippen molar-refractivity contribution in [3.05, 3.63) is 36.0 Å². The van der Waals surface area contributed by atoms with Gasteiger partial charge in [-0.2, -0.15) is 0 Å². The number of H-pyrrole nitrogens is 1. The normalized spacial score (nSPS) is 15.9. The van der Waals surface area contributed by atoms with Crippen LogP contribution in [-0.2, 0) is 30.4 Å². The lowest BCUT2D eigenvalue weighted by Gasteiger charge is -2.26. The monoisotopic (exact) mass is 534 g/mol. The Morgan fingerprint density at radius 3 is 2.13 bits per heavy atom. The fourth-order valence-corrected chi connectivity index (χ4v) is 3.68. The second-order valence-electron chi connectivity index (χ2n) is 9.02. The molecule has 2 aromatic rings. The third-order valence-electron chi connectivity index (χ3n) is 5.91. The maximum absolute atomic E-state index is 13.0. The summed E-state index contributed by atoms with van der Waals surface area (Å²) in [4.78, 5) is 64.3. The number of aliphatic hydroxyl groups is 2. The van der Waals surface area contributed by atoms with Crippen molar-refractivity contribution in [3.8, 4) is 0 Å². The maximum Gasteiger partial charge on any atom is 0.326 e. The van der Waals surface area contributed by atoms with Gasteiger partial charge in [0, 0.05) is 29.9 Å². The van der Waals surface area contributed by atoms with Crippen molar-refractivity contribution >= 4 is 40.5 Å². The summed E-state index contributed by atoms with van der Waals surface area (Å²) >= 11 is 0. The van der Waals surface area contributed by atoms with Gasteiger partial charge in [0.1, 0.15) is 24.2 Å². The number of rotatable bonds is 14. The summed E-state index contributed by atoms with van der Waals surface area (Å²) in [5.74, 6) is -4.93. The van der Waals surface area contributed by atoms with E-state index >= 15 is 0 Å². The lowest BCUT2D eigenvalue weighted by atomic mass is 10.0. The number of hydrogen-bond donors (Lipinski definition) is 9. The number of para-hydroxylation sites is 1. The van der Waals surface area contributed by atoms with Gasteiger partial charge in [0.2, 0.25) is 23.6 Å². The van der Waals surface area contributed by atoms with Gasteiger partial charge >= 0.3 is 5.97 Å². The lowest BCUT2D eigenvalue weighted by molar-refractivity contribution is -0.143. The molecule has 14 nitrogen and oxygen atoms in total. The average Bonchev–Trinajstić information content (AvgIpc) is 3.25. The predicted octanol–water partition coefficient (Wildman–Crippen LogP) is -2.40. The van der Waals surface area contributed by atoms with Gasteiger partial charge in [0.05, 0.1) is 12.2 Å². The molecule has 0 aliphatic rings. The van der Waals surface area contributed by atoms with Crippen molar-refractivity contribution < 1.29 is 39.3 Å². The van der Waals surface area contributed by atoms with E-state index in [1.165, 1.54) is 13.8 Å². The zero-order valence-corrected chi connectivity index (χ0v) is 21.0. The SMILES string of the molecule is CC(O)C(N)C(=O)NC(CCC(N)=O)C(=O)NC(C(=O)NC(Cc1c[nH]c2ccccc12)C(=O)O)C(C)O. The largest absolute Gasteiger partial charge is 0.480 e. The van der Waals surface area contributed by atoms with E-state index in [0.29, 0.717) is 5.56 Å². The van der Waals surface area contributed by atoms with E-state index in [1.54, 1.807) is 18.3 Å². The Morgan fingerprint density at radius 2 is 1.55 bits per heavy atom. The standard InChI is InChI=1S/C24H34N6O8/c1-11(31)19(26)22(35)28-16(7-8-18(25)33)21(34)30-20(12(2)32)23(36)29-17(24(37)38)9-13-10-27-15-6-4-3-5-14(13)15/h3-6,10-12,16-17,19-20,27,31-32H,7-9,26H2,1-2H3,(H2,25,33)(H,28,35)(H,29,36)(H,30,34)(H,37,38). The highest BCUT2D eigenvalue weighted by Crippen LogP contribution is 2.19. The van der Waals surface area contributed by atoms with Gasteiger partial charge in [-0.15, -0.1) is 0 Å². The third-order valence-corrected chi connectivity index (χ3v) is 5.91. The first-order valence-corrected chi connectivity index (χ1v) is 11.9. The number of aliphatic hydroxyl groups excluding tert-OH is 2. The number of aromatic amines is 1. The Kier molecular flexibility index (Phi) is 10.7. The van der Waals surface area contributed by atoms with Crippen molar-refractivity contribution in [2.75, 3.05) is 0 Å². The third kappa shape index (κ3) is 8.26. The molecule has 1 aromatic heterocycles. The highest BCUT2D eigenvalue weighted by Gasteiger charge is 2.33. The van der Waals surface area contributed by atoms with Gasteiger partial charge in [0.25, 0.3) is 0 Å². The zero-order valence-electron chi connectivity index (χ0n) is 21.0. The fraction of sp³-hybridized carbons (Fsp3) is 0.458. The molecule has 0 saturated heterocycles. The Labute approximate surface area is 218 Å². The number of carboxylic acids is 1. The summed E-state index contributed by atoms with van der Waals surface area (Å²) in [6, 6.07) is 1.44. The molecular weight excluding hydrogens is 500 g/mol. The Hall–Kier alpha value is -4.01. The number of nitrogens with one attached hydrogen (secondary N) is 4. The minimum absolute atomic E-state index is 0.0832. The molecule has 14 heteroatoms. The summed E-state index contributed by atoms with van der Waals surface area (Å²) in [7, 11) is 0. The molecule has 6 unspecified atom stereocenters. The van der Waals surface area contributed by atoms with Crippen LogP contribution in [-0.4, -0.2) is 86.3 Å². The Balaban J connectivity index is 2.17. The second kappa shape index (κ2) is 13.5. The van der Waals surface area contributed by atoms with E-state index in [9.17, 15) is 39.3 Å². The van der Waals surface area contributed by atoms with Crippen LogP contribution in [0.1, 0.15) is 32.3 Å². The fourth-order valence-electron chi connectivity index (χ4n) is 3.68. The van der Waals surface area contributed by atoms with Crippen molar-refractivity contribution in [2.45, 2.75) is 69.5 Å². The summed E-state index contributed by atoms with van der Waals surface area (Å²) in [5.41, 5.74) is 12.1. The van der Waals surface area contributed by atoms with Gasteiger partial charge < -0.3 is 47.7 Å². The van der Waals surface area contributed by atoms with E-state index in [2.05, 4.69) is 20.9 Å². The first-order valence-electron chi connectivity index (χ1n) is 11.9. The second-order valence-corrected chi connectivity index (χ2v) is 9.02.